The van der Waals surface area contributed by atoms with E-state index in [9.17, 15) is 0 Å². The van der Waals surface area contributed by atoms with Gasteiger partial charge in [-0.1, -0.05) is 27.2 Å². The smallest absolute Gasteiger partial charge is 0.0247 e. The molecule has 2 heterocycles. The van der Waals surface area contributed by atoms with Crippen molar-refractivity contribution in [1.82, 2.24) is 15.1 Å². The van der Waals surface area contributed by atoms with Crippen molar-refractivity contribution >= 4 is 0 Å². The highest BCUT2D eigenvalue weighted by Gasteiger charge is 2.34. The fourth-order valence-electron chi connectivity index (χ4n) is 4.18. The molecule has 0 aliphatic carbocycles. The van der Waals surface area contributed by atoms with Gasteiger partial charge in [-0.2, -0.15) is 0 Å². The molecule has 3 unspecified atom stereocenters. The van der Waals surface area contributed by atoms with Crippen molar-refractivity contribution < 1.29 is 0 Å². The first-order chi connectivity index (χ1) is 9.80. The lowest BCUT2D eigenvalue weighted by Gasteiger charge is -2.44. The molecule has 118 valence electrons. The number of hydrogen-bond acceptors (Lipinski definition) is 3. The first-order valence-electron chi connectivity index (χ1n) is 9.01. The lowest BCUT2D eigenvalue weighted by Crippen LogP contribution is -2.58. The number of rotatable bonds is 8. The zero-order valence-corrected chi connectivity index (χ0v) is 13.9. The largest absolute Gasteiger partial charge is 0.312 e. The molecule has 0 aromatic heterocycles. The molecular formula is C17H35N3. The second kappa shape index (κ2) is 8.35. The molecule has 2 saturated heterocycles. The quantitative estimate of drug-likeness (QED) is 0.738. The summed E-state index contributed by atoms with van der Waals surface area (Å²) in [6, 6.07) is 2.29. The minimum Gasteiger partial charge on any atom is -0.312 e. The summed E-state index contributed by atoms with van der Waals surface area (Å²) in [5.74, 6) is 0. The number of nitrogens with zero attached hydrogens (tertiary/aromatic N) is 2. The predicted octanol–water partition coefficient (Wildman–Crippen LogP) is 2.71. The maximum atomic E-state index is 3.82. The van der Waals surface area contributed by atoms with Gasteiger partial charge in [0.15, 0.2) is 0 Å². The zero-order chi connectivity index (χ0) is 14.4. The molecule has 2 fully saturated rings. The van der Waals surface area contributed by atoms with Crippen LogP contribution < -0.4 is 5.32 Å². The van der Waals surface area contributed by atoms with Gasteiger partial charge in [-0.3, -0.25) is 9.80 Å². The molecule has 3 atom stereocenters. The predicted molar refractivity (Wildman–Crippen MR) is 87.2 cm³/mol. The Morgan fingerprint density at radius 1 is 1.10 bits per heavy atom. The number of nitrogens with one attached hydrogen (secondary N) is 1. The van der Waals surface area contributed by atoms with Crippen LogP contribution in [0, 0.1) is 0 Å². The molecule has 0 bridgehead atoms. The van der Waals surface area contributed by atoms with Gasteiger partial charge in [0.25, 0.3) is 0 Å². The summed E-state index contributed by atoms with van der Waals surface area (Å²) in [6.07, 6.45) is 7.99. The Morgan fingerprint density at radius 2 is 1.95 bits per heavy atom. The van der Waals surface area contributed by atoms with E-state index in [2.05, 4.69) is 35.9 Å². The van der Waals surface area contributed by atoms with Crippen LogP contribution in [0.2, 0.25) is 0 Å². The summed E-state index contributed by atoms with van der Waals surface area (Å²) in [6.45, 7) is 13.4. The molecule has 2 aliphatic rings. The average molecular weight is 281 g/mol. The van der Waals surface area contributed by atoms with E-state index in [1.165, 1.54) is 71.2 Å². The maximum absolute atomic E-state index is 3.82. The Kier molecular flexibility index (Phi) is 6.79. The van der Waals surface area contributed by atoms with Crippen LogP contribution in [-0.4, -0.2) is 60.6 Å². The lowest BCUT2D eigenvalue weighted by atomic mass is 9.97. The number of fused-ring (bicyclic) bond motifs is 1. The van der Waals surface area contributed by atoms with Crippen LogP contribution >= 0.6 is 0 Å². The summed E-state index contributed by atoms with van der Waals surface area (Å²) in [5.41, 5.74) is 0. The molecule has 20 heavy (non-hydrogen) atoms. The SMILES string of the molecule is CCCNC(CCC)C(CC)N1CCN2CCCC2C1. The highest BCUT2D eigenvalue weighted by Crippen LogP contribution is 2.25. The van der Waals surface area contributed by atoms with Crippen LogP contribution in [0.15, 0.2) is 0 Å². The van der Waals surface area contributed by atoms with Gasteiger partial charge in [0.1, 0.15) is 0 Å². The first-order valence-corrected chi connectivity index (χ1v) is 9.01. The van der Waals surface area contributed by atoms with Crippen LogP contribution in [0.25, 0.3) is 0 Å². The average Bonchev–Trinajstić information content (AvgIpc) is 2.93. The van der Waals surface area contributed by atoms with Crippen LogP contribution in [-0.2, 0) is 0 Å². The molecule has 0 radical (unpaired) electrons. The summed E-state index contributed by atoms with van der Waals surface area (Å²) < 4.78 is 0. The molecule has 0 spiro atoms. The van der Waals surface area contributed by atoms with Crippen LogP contribution in [0.1, 0.15) is 59.3 Å². The molecule has 2 aliphatic heterocycles. The van der Waals surface area contributed by atoms with Gasteiger partial charge >= 0.3 is 0 Å². The zero-order valence-electron chi connectivity index (χ0n) is 13.9. The van der Waals surface area contributed by atoms with Gasteiger partial charge in [0.05, 0.1) is 0 Å². The van der Waals surface area contributed by atoms with E-state index in [1.807, 2.05) is 0 Å². The molecule has 0 saturated carbocycles. The standard InChI is InChI=1S/C17H35N3/c1-4-8-16(18-10-5-2)17(6-3)20-13-12-19-11-7-9-15(19)14-20/h15-18H,4-14H2,1-3H3. The summed E-state index contributed by atoms with van der Waals surface area (Å²) in [5, 5.41) is 3.82. The maximum Gasteiger partial charge on any atom is 0.0247 e. The Hall–Kier alpha value is -0.120. The van der Waals surface area contributed by atoms with E-state index < -0.39 is 0 Å². The molecule has 0 aromatic rings. The second-order valence-corrected chi connectivity index (χ2v) is 6.65. The molecule has 3 heteroatoms. The van der Waals surface area contributed by atoms with E-state index in [0.717, 1.165) is 12.1 Å². The molecule has 3 nitrogen and oxygen atoms in total. The van der Waals surface area contributed by atoms with E-state index in [0.29, 0.717) is 6.04 Å². The fourth-order valence-corrected chi connectivity index (χ4v) is 4.18. The van der Waals surface area contributed by atoms with Crippen molar-refractivity contribution in [3.63, 3.8) is 0 Å². The third kappa shape index (κ3) is 3.96. The summed E-state index contributed by atoms with van der Waals surface area (Å²) in [4.78, 5) is 5.52. The van der Waals surface area contributed by atoms with Gasteiger partial charge in [-0.05, 0) is 45.2 Å². The van der Waals surface area contributed by atoms with Crippen molar-refractivity contribution in [2.75, 3.05) is 32.7 Å². The van der Waals surface area contributed by atoms with E-state index in [-0.39, 0.29) is 0 Å². The van der Waals surface area contributed by atoms with Crippen LogP contribution in [0.3, 0.4) is 0 Å². The lowest BCUT2D eigenvalue weighted by molar-refractivity contribution is 0.0532. The van der Waals surface area contributed by atoms with Gasteiger partial charge < -0.3 is 5.32 Å². The summed E-state index contributed by atoms with van der Waals surface area (Å²) in [7, 11) is 0. The van der Waals surface area contributed by atoms with Crippen molar-refractivity contribution in [2.24, 2.45) is 0 Å². The number of hydrogen-bond donors (Lipinski definition) is 1. The molecule has 0 aromatic carbocycles. The van der Waals surface area contributed by atoms with Gasteiger partial charge in [-0.25, -0.2) is 0 Å². The fraction of sp³-hybridized carbons (Fsp3) is 1.00. The topological polar surface area (TPSA) is 18.5 Å². The second-order valence-electron chi connectivity index (χ2n) is 6.65. The van der Waals surface area contributed by atoms with Crippen LogP contribution in [0.4, 0.5) is 0 Å². The van der Waals surface area contributed by atoms with Crippen molar-refractivity contribution in [3.8, 4) is 0 Å². The molecule has 0 amide bonds. The van der Waals surface area contributed by atoms with E-state index in [1.54, 1.807) is 0 Å². The highest BCUT2D eigenvalue weighted by molar-refractivity contribution is 4.92. The third-order valence-electron chi connectivity index (χ3n) is 5.23. The first kappa shape index (κ1) is 16.3. The Morgan fingerprint density at radius 3 is 2.65 bits per heavy atom. The highest BCUT2D eigenvalue weighted by atomic mass is 15.3. The van der Waals surface area contributed by atoms with Crippen molar-refractivity contribution in [2.45, 2.75) is 77.4 Å². The number of piperazine rings is 1. The Balaban J connectivity index is 1.94. The molecule has 1 N–H and O–H groups in total. The molecular weight excluding hydrogens is 246 g/mol. The van der Waals surface area contributed by atoms with Crippen molar-refractivity contribution in [1.29, 1.82) is 0 Å². The third-order valence-corrected chi connectivity index (χ3v) is 5.23. The van der Waals surface area contributed by atoms with Gasteiger partial charge in [0, 0.05) is 37.8 Å². The van der Waals surface area contributed by atoms with E-state index >= 15 is 0 Å². The van der Waals surface area contributed by atoms with Gasteiger partial charge in [0.2, 0.25) is 0 Å². The van der Waals surface area contributed by atoms with Crippen molar-refractivity contribution in [3.05, 3.63) is 0 Å². The Bertz CT molecular complexity index is 269. The van der Waals surface area contributed by atoms with E-state index in [4.69, 9.17) is 0 Å². The van der Waals surface area contributed by atoms with Crippen LogP contribution in [0.5, 0.6) is 0 Å². The normalized spacial score (nSPS) is 27.4. The van der Waals surface area contributed by atoms with Gasteiger partial charge in [-0.15, -0.1) is 0 Å². The minimum atomic E-state index is 0.693. The monoisotopic (exact) mass is 281 g/mol. The molecule has 2 rings (SSSR count). The summed E-state index contributed by atoms with van der Waals surface area (Å²) >= 11 is 0. The minimum absolute atomic E-state index is 0.693. The Labute approximate surface area is 126 Å².